The zero-order chi connectivity index (χ0) is 17.3. The summed E-state index contributed by atoms with van der Waals surface area (Å²) in [6, 6.07) is 4.16. The van der Waals surface area contributed by atoms with Crippen molar-refractivity contribution in [3.63, 3.8) is 0 Å². The number of nitrogens with zero attached hydrogens (tertiary/aromatic N) is 3. The van der Waals surface area contributed by atoms with Crippen LogP contribution in [0.2, 0.25) is 5.02 Å². The van der Waals surface area contributed by atoms with Crippen molar-refractivity contribution < 1.29 is 0 Å². The number of rotatable bonds is 5. The molecule has 1 atom stereocenters. The summed E-state index contributed by atoms with van der Waals surface area (Å²) in [5.74, 6) is 2.78. The van der Waals surface area contributed by atoms with Crippen LogP contribution in [0.15, 0.2) is 23.3 Å². The topological polar surface area (TPSA) is 52.6 Å². The highest BCUT2D eigenvalue weighted by Gasteiger charge is 2.48. The van der Waals surface area contributed by atoms with E-state index in [-0.39, 0.29) is 0 Å². The molecule has 2 heterocycles. The summed E-state index contributed by atoms with van der Waals surface area (Å²) >= 11 is 6.28. The van der Waals surface area contributed by atoms with Gasteiger partial charge in [0.15, 0.2) is 5.96 Å². The van der Waals surface area contributed by atoms with E-state index in [1.807, 2.05) is 19.2 Å². The number of hydrogen-bond acceptors (Lipinski definition) is 3. The maximum Gasteiger partial charge on any atom is 0.191 e. The number of aliphatic imine (C=N–C) groups is 1. The van der Waals surface area contributed by atoms with Crippen LogP contribution < -0.4 is 15.5 Å². The maximum absolute atomic E-state index is 6.28. The highest BCUT2D eigenvalue weighted by molar-refractivity contribution is 6.32. The van der Waals surface area contributed by atoms with Gasteiger partial charge in [-0.05, 0) is 55.6 Å². The molecule has 1 unspecified atom stereocenters. The third-order valence-corrected chi connectivity index (χ3v) is 6.49. The molecule has 3 aliphatic rings. The molecule has 0 amide bonds. The van der Waals surface area contributed by atoms with Gasteiger partial charge in [0.05, 0.1) is 5.02 Å². The lowest BCUT2D eigenvalue weighted by Gasteiger charge is -2.43. The number of hydrogen-bond donors (Lipinski definition) is 2. The van der Waals surface area contributed by atoms with E-state index >= 15 is 0 Å². The summed E-state index contributed by atoms with van der Waals surface area (Å²) in [4.78, 5) is 11.1. The molecule has 2 aliphatic carbocycles. The third-order valence-electron chi connectivity index (χ3n) is 6.19. The van der Waals surface area contributed by atoms with Gasteiger partial charge < -0.3 is 15.5 Å². The summed E-state index contributed by atoms with van der Waals surface area (Å²) in [6.45, 7) is 2.95. The van der Waals surface area contributed by atoms with Crippen LogP contribution in [-0.4, -0.2) is 43.7 Å². The second kappa shape index (κ2) is 7.02. The van der Waals surface area contributed by atoms with E-state index in [0.717, 1.165) is 48.8 Å². The molecule has 0 aromatic carbocycles. The minimum atomic E-state index is 0.377. The summed E-state index contributed by atoms with van der Waals surface area (Å²) in [7, 11) is 1.86. The van der Waals surface area contributed by atoms with E-state index in [1.54, 1.807) is 6.20 Å². The molecule has 0 spiro atoms. The molecule has 1 aromatic rings. The molecule has 0 bridgehead atoms. The maximum atomic E-state index is 6.28. The van der Waals surface area contributed by atoms with Crippen molar-refractivity contribution in [2.24, 2.45) is 16.3 Å². The van der Waals surface area contributed by atoms with Crippen molar-refractivity contribution in [3.8, 4) is 0 Å². The van der Waals surface area contributed by atoms with Gasteiger partial charge in [-0.25, -0.2) is 4.98 Å². The molecular weight excluding hydrogens is 334 g/mol. The molecule has 1 aromatic heterocycles. The van der Waals surface area contributed by atoms with Crippen LogP contribution in [0.4, 0.5) is 5.82 Å². The number of pyridine rings is 1. The van der Waals surface area contributed by atoms with E-state index in [9.17, 15) is 0 Å². The van der Waals surface area contributed by atoms with Gasteiger partial charge in [-0.3, -0.25) is 4.99 Å². The highest BCUT2D eigenvalue weighted by Crippen LogP contribution is 2.56. The van der Waals surface area contributed by atoms with Crippen LogP contribution in [0.1, 0.15) is 38.5 Å². The zero-order valence-electron chi connectivity index (χ0n) is 15.0. The molecule has 2 saturated carbocycles. The lowest BCUT2D eigenvalue weighted by molar-refractivity contribution is 0.106. The fourth-order valence-electron chi connectivity index (χ4n) is 4.38. The second-order valence-electron chi connectivity index (χ2n) is 7.80. The standard InChI is InChI=1S/C19H28ClN5/c1-21-18(23-13-19(8-3-9-19)14-5-6-14)24-15-7-11-25(12-15)17-16(20)4-2-10-22-17/h2,4,10,14-15H,3,5-9,11-13H2,1H3,(H2,21,23,24). The van der Waals surface area contributed by atoms with Crippen LogP contribution in [-0.2, 0) is 0 Å². The van der Waals surface area contributed by atoms with Gasteiger partial charge in [0.1, 0.15) is 5.82 Å². The van der Waals surface area contributed by atoms with Crippen molar-refractivity contribution in [1.29, 1.82) is 0 Å². The van der Waals surface area contributed by atoms with Crippen molar-refractivity contribution in [3.05, 3.63) is 23.4 Å². The van der Waals surface area contributed by atoms with E-state index < -0.39 is 0 Å². The van der Waals surface area contributed by atoms with Gasteiger partial charge >= 0.3 is 0 Å². The van der Waals surface area contributed by atoms with Gasteiger partial charge in [-0.2, -0.15) is 0 Å². The Labute approximate surface area is 155 Å². The Morgan fingerprint density at radius 2 is 2.24 bits per heavy atom. The first-order chi connectivity index (χ1) is 12.2. The molecule has 3 fully saturated rings. The van der Waals surface area contributed by atoms with Gasteiger partial charge in [0, 0.05) is 38.9 Å². The van der Waals surface area contributed by atoms with E-state index in [0.29, 0.717) is 11.5 Å². The van der Waals surface area contributed by atoms with Crippen LogP contribution >= 0.6 is 11.6 Å². The second-order valence-corrected chi connectivity index (χ2v) is 8.21. The van der Waals surface area contributed by atoms with Gasteiger partial charge in [0.25, 0.3) is 0 Å². The molecule has 1 aliphatic heterocycles. The van der Waals surface area contributed by atoms with E-state index in [4.69, 9.17) is 11.6 Å². The summed E-state index contributed by atoms with van der Waals surface area (Å²) in [5, 5.41) is 7.92. The highest BCUT2D eigenvalue weighted by atomic mass is 35.5. The van der Waals surface area contributed by atoms with Crippen molar-refractivity contribution >= 4 is 23.4 Å². The molecule has 0 radical (unpaired) electrons. The van der Waals surface area contributed by atoms with Gasteiger partial charge in [0.2, 0.25) is 0 Å². The Kier molecular flexibility index (Phi) is 4.76. The normalized spacial score (nSPS) is 25.6. The van der Waals surface area contributed by atoms with E-state index in [1.165, 1.54) is 32.1 Å². The smallest absolute Gasteiger partial charge is 0.191 e. The van der Waals surface area contributed by atoms with Crippen LogP contribution in [0.25, 0.3) is 0 Å². The fraction of sp³-hybridized carbons (Fsp3) is 0.684. The predicted octanol–water partition coefficient (Wildman–Crippen LogP) is 3.06. The lowest BCUT2D eigenvalue weighted by Crippen LogP contribution is -2.50. The molecule has 2 N–H and O–H groups in total. The molecule has 4 rings (SSSR count). The number of aromatic nitrogens is 1. The van der Waals surface area contributed by atoms with Crippen molar-refractivity contribution in [1.82, 2.24) is 15.6 Å². The first kappa shape index (κ1) is 17.0. The average molecular weight is 362 g/mol. The Bertz CT molecular complexity index is 638. The summed E-state index contributed by atoms with van der Waals surface area (Å²) in [6.07, 6.45) is 9.90. The number of guanidine groups is 1. The summed E-state index contributed by atoms with van der Waals surface area (Å²) < 4.78 is 0. The molecular formula is C19H28ClN5. The zero-order valence-corrected chi connectivity index (χ0v) is 15.7. The SMILES string of the molecule is CN=C(NCC1(C2CC2)CCC1)NC1CCN(c2ncccc2Cl)C1. The van der Waals surface area contributed by atoms with E-state index in [2.05, 4.69) is 25.5 Å². The average Bonchev–Trinajstić information content (AvgIpc) is 3.32. The molecule has 6 heteroatoms. The van der Waals surface area contributed by atoms with Crippen LogP contribution in [0.3, 0.4) is 0 Å². The quantitative estimate of drug-likeness (QED) is 0.625. The van der Waals surface area contributed by atoms with Crippen LogP contribution in [0.5, 0.6) is 0 Å². The molecule has 5 nitrogen and oxygen atoms in total. The minimum absolute atomic E-state index is 0.377. The Morgan fingerprint density at radius 1 is 1.40 bits per heavy atom. The fourth-order valence-corrected chi connectivity index (χ4v) is 4.63. The van der Waals surface area contributed by atoms with Gasteiger partial charge in [-0.1, -0.05) is 18.0 Å². The monoisotopic (exact) mass is 361 g/mol. The lowest BCUT2D eigenvalue weighted by atomic mass is 9.65. The predicted molar refractivity (Wildman–Crippen MR) is 103 cm³/mol. The first-order valence-electron chi connectivity index (χ1n) is 9.53. The third kappa shape index (κ3) is 3.57. The Morgan fingerprint density at radius 3 is 2.88 bits per heavy atom. The molecule has 25 heavy (non-hydrogen) atoms. The molecule has 136 valence electrons. The Hall–Kier alpha value is -1.49. The molecule has 1 saturated heterocycles. The Balaban J connectivity index is 1.30. The number of halogens is 1. The first-order valence-corrected chi connectivity index (χ1v) is 9.91. The number of nitrogens with one attached hydrogen (secondary N) is 2. The summed E-state index contributed by atoms with van der Waals surface area (Å²) in [5.41, 5.74) is 0.556. The largest absolute Gasteiger partial charge is 0.356 e. The van der Waals surface area contributed by atoms with Gasteiger partial charge in [-0.15, -0.1) is 0 Å². The van der Waals surface area contributed by atoms with Crippen molar-refractivity contribution in [2.75, 3.05) is 31.6 Å². The van der Waals surface area contributed by atoms with Crippen LogP contribution in [0, 0.1) is 11.3 Å². The minimum Gasteiger partial charge on any atom is -0.356 e. The van der Waals surface area contributed by atoms with Crippen molar-refractivity contribution in [2.45, 2.75) is 44.6 Å². The number of anilines is 1.